The van der Waals surface area contributed by atoms with E-state index in [1.165, 1.54) is 0 Å². The number of aliphatic carboxylic acids is 1. The largest absolute Gasteiger partial charge is 0.481 e. The van der Waals surface area contributed by atoms with Gasteiger partial charge in [0.05, 0.1) is 0 Å². The average molecular weight is 331 g/mol. The Hall–Kier alpha value is -1.46. The summed E-state index contributed by atoms with van der Waals surface area (Å²) in [4.78, 5) is 16.4. The van der Waals surface area contributed by atoms with E-state index >= 15 is 0 Å². The van der Waals surface area contributed by atoms with Crippen molar-refractivity contribution < 1.29 is 9.90 Å². The summed E-state index contributed by atoms with van der Waals surface area (Å²) in [5.41, 5.74) is 2.69. The van der Waals surface area contributed by atoms with E-state index in [2.05, 4.69) is 0 Å². The van der Waals surface area contributed by atoms with E-state index in [0.717, 1.165) is 28.4 Å². The molecule has 1 unspecified atom stereocenters. The Morgan fingerprint density at radius 2 is 1.91 bits per heavy atom. The Morgan fingerprint density at radius 3 is 2.50 bits per heavy atom. The molecule has 1 aliphatic carbocycles. The van der Waals surface area contributed by atoms with E-state index in [9.17, 15) is 9.90 Å². The molecular weight excluding hydrogens is 314 g/mol. The number of benzene rings is 1. The number of carboxylic acid groups (broad SMARTS) is 1. The van der Waals surface area contributed by atoms with Gasteiger partial charge in [-0.3, -0.25) is 9.79 Å². The Bertz CT molecular complexity index is 631. The number of carboxylic acids is 1. The molecule has 1 aromatic rings. The molecule has 1 aromatic carbocycles. The van der Waals surface area contributed by atoms with Gasteiger partial charge >= 0.3 is 5.97 Å². The highest BCUT2D eigenvalue weighted by atomic mass is 32.2. The zero-order valence-electron chi connectivity index (χ0n) is 12.0. The summed E-state index contributed by atoms with van der Waals surface area (Å²) in [5.74, 6) is 0.900. The van der Waals surface area contributed by atoms with E-state index in [-0.39, 0.29) is 0 Å². The fourth-order valence-corrected chi connectivity index (χ4v) is 5.09. The van der Waals surface area contributed by atoms with Crippen LogP contribution in [0.2, 0.25) is 0 Å². The number of allylic oxidation sites excluding steroid dienone is 3. The van der Waals surface area contributed by atoms with Gasteiger partial charge in [-0.05, 0) is 17.2 Å². The van der Waals surface area contributed by atoms with Crippen LogP contribution in [-0.4, -0.2) is 33.0 Å². The van der Waals surface area contributed by atoms with Crippen molar-refractivity contribution in [3.63, 3.8) is 0 Å². The monoisotopic (exact) mass is 331 g/mol. The zero-order valence-corrected chi connectivity index (χ0v) is 13.6. The lowest BCUT2D eigenvalue weighted by Gasteiger charge is -2.17. The third-order valence-corrected chi connectivity index (χ3v) is 6.34. The summed E-state index contributed by atoms with van der Waals surface area (Å²) in [6.45, 7) is 0. The van der Waals surface area contributed by atoms with Crippen LogP contribution in [-0.2, 0) is 4.79 Å². The van der Waals surface area contributed by atoms with Gasteiger partial charge < -0.3 is 5.11 Å². The smallest absolute Gasteiger partial charge is 0.315 e. The summed E-state index contributed by atoms with van der Waals surface area (Å²) >= 11 is 3.74. The van der Waals surface area contributed by atoms with Gasteiger partial charge in [0.25, 0.3) is 0 Å². The minimum atomic E-state index is -0.815. The second-order valence-corrected chi connectivity index (χ2v) is 7.77. The predicted octanol–water partition coefficient (Wildman–Crippen LogP) is 3.95. The van der Waals surface area contributed by atoms with Crippen molar-refractivity contribution in [2.24, 2.45) is 4.99 Å². The lowest BCUT2D eigenvalue weighted by atomic mass is 9.88. The van der Waals surface area contributed by atoms with Crippen LogP contribution in [0, 0.1) is 0 Å². The van der Waals surface area contributed by atoms with Gasteiger partial charge in [-0.15, -0.1) is 23.5 Å². The van der Waals surface area contributed by atoms with Crippen molar-refractivity contribution in [3.05, 3.63) is 59.7 Å². The van der Waals surface area contributed by atoms with Gasteiger partial charge in [0.15, 0.2) is 0 Å². The maximum Gasteiger partial charge on any atom is 0.315 e. The first-order chi connectivity index (χ1) is 10.7. The maximum atomic E-state index is 11.6. The van der Waals surface area contributed by atoms with Crippen LogP contribution >= 0.6 is 23.5 Å². The average Bonchev–Trinajstić information content (AvgIpc) is 3.03. The summed E-state index contributed by atoms with van der Waals surface area (Å²) < 4.78 is 0.305. The van der Waals surface area contributed by atoms with Gasteiger partial charge in [-0.25, -0.2) is 0 Å². The molecule has 0 saturated carbocycles. The quantitative estimate of drug-likeness (QED) is 0.908. The number of nitrogens with zero attached hydrogens (tertiary/aromatic N) is 1. The fraction of sp³-hybridized carbons (Fsp3) is 0.294. The van der Waals surface area contributed by atoms with Crippen molar-refractivity contribution in [1.29, 1.82) is 0 Å². The highest BCUT2D eigenvalue weighted by molar-refractivity contribution is 8.20. The van der Waals surface area contributed by atoms with Gasteiger partial charge in [-0.2, -0.15) is 0 Å². The Kier molecular flexibility index (Phi) is 5.05. The Balaban J connectivity index is 1.76. The topological polar surface area (TPSA) is 49.7 Å². The van der Waals surface area contributed by atoms with Gasteiger partial charge in [0.2, 0.25) is 0 Å². The predicted molar refractivity (Wildman–Crippen MR) is 94.8 cm³/mol. The van der Waals surface area contributed by atoms with Crippen LogP contribution in [0.4, 0.5) is 0 Å². The third-order valence-electron chi connectivity index (χ3n) is 3.60. The molecule has 0 bridgehead atoms. The van der Waals surface area contributed by atoms with Crippen LogP contribution in [0.15, 0.2) is 59.1 Å². The number of carbonyl (C=O) groups is 1. The van der Waals surface area contributed by atoms with Crippen LogP contribution in [0.5, 0.6) is 0 Å². The molecule has 22 heavy (non-hydrogen) atoms. The second-order valence-electron chi connectivity index (χ2n) is 5.09. The molecule has 0 radical (unpaired) electrons. The molecule has 3 nitrogen and oxygen atoms in total. The third kappa shape index (κ3) is 3.65. The van der Waals surface area contributed by atoms with Gasteiger partial charge in [-0.1, -0.05) is 42.5 Å². The first kappa shape index (κ1) is 15.4. The molecule has 1 heterocycles. The van der Waals surface area contributed by atoms with Crippen LogP contribution < -0.4 is 0 Å². The molecule has 1 saturated heterocycles. The number of hydrogen-bond acceptors (Lipinski definition) is 4. The van der Waals surface area contributed by atoms with E-state index in [4.69, 9.17) is 4.99 Å². The van der Waals surface area contributed by atoms with Crippen molar-refractivity contribution in [3.8, 4) is 0 Å². The lowest BCUT2D eigenvalue weighted by Crippen LogP contribution is -2.15. The molecule has 3 rings (SSSR count). The SMILES string of the molecule is O=C(O)C(C1=CCC(=NC2SCCS2)C=C1)c1ccccc1. The van der Waals surface area contributed by atoms with Crippen molar-refractivity contribution in [1.82, 2.24) is 0 Å². The summed E-state index contributed by atoms with van der Waals surface area (Å²) in [5, 5.41) is 9.56. The van der Waals surface area contributed by atoms with Gasteiger partial charge in [0, 0.05) is 23.6 Å². The molecule has 0 amide bonds. The Morgan fingerprint density at radius 1 is 1.18 bits per heavy atom. The molecule has 5 heteroatoms. The highest BCUT2D eigenvalue weighted by Crippen LogP contribution is 2.34. The minimum Gasteiger partial charge on any atom is -0.481 e. The number of thioether (sulfide) groups is 2. The highest BCUT2D eigenvalue weighted by Gasteiger charge is 2.24. The van der Waals surface area contributed by atoms with Crippen LogP contribution in [0.25, 0.3) is 0 Å². The number of hydrogen-bond donors (Lipinski definition) is 1. The van der Waals surface area contributed by atoms with E-state index in [0.29, 0.717) is 11.1 Å². The molecule has 1 atom stereocenters. The Labute approximate surface area is 138 Å². The van der Waals surface area contributed by atoms with Crippen LogP contribution in [0.1, 0.15) is 17.9 Å². The molecule has 0 aromatic heterocycles. The van der Waals surface area contributed by atoms with E-state index < -0.39 is 11.9 Å². The molecule has 1 fully saturated rings. The molecule has 1 aliphatic heterocycles. The number of aliphatic imine (C=N–C) groups is 1. The summed E-state index contributed by atoms with van der Waals surface area (Å²) in [6, 6.07) is 9.38. The summed E-state index contributed by atoms with van der Waals surface area (Å²) in [7, 11) is 0. The second kappa shape index (κ2) is 7.20. The fourth-order valence-electron chi connectivity index (χ4n) is 2.54. The van der Waals surface area contributed by atoms with Gasteiger partial charge in [0.1, 0.15) is 10.6 Å². The molecular formula is C17H17NO2S2. The normalized spacial score (nSPS) is 21.8. The first-order valence-corrected chi connectivity index (χ1v) is 9.29. The van der Waals surface area contributed by atoms with E-state index in [1.54, 1.807) is 0 Å². The first-order valence-electron chi connectivity index (χ1n) is 7.20. The van der Waals surface area contributed by atoms with Crippen molar-refractivity contribution >= 4 is 35.2 Å². The maximum absolute atomic E-state index is 11.6. The lowest BCUT2D eigenvalue weighted by molar-refractivity contribution is -0.137. The van der Waals surface area contributed by atoms with Crippen molar-refractivity contribution in [2.45, 2.75) is 17.0 Å². The van der Waals surface area contributed by atoms with E-state index in [1.807, 2.05) is 72.1 Å². The molecule has 1 N–H and O–H groups in total. The van der Waals surface area contributed by atoms with Crippen LogP contribution in [0.3, 0.4) is 0 Å². The summed E-state index contributed by atoms with van der Waals surface area (Å²) in [6.07, 6.45) is 6.57. The zero-order chi connectivity index (χ0) is 15.4. The standard InChI is InChI=1S/C17H17NO2S2/c19-16(20)15(12-4-2-1-3-5-12)13-6-8-14(9-7-13)18-17-21-10-11-22-17/h1-8,15,17H,9-11H2,(H,19,20). The number of rotatable bonds is 4. The molecule has 0 spiro atoms. The molecule has 2 aliphatic rings. The minimum absolute atomic E-state index is 0.305. The molecule has 114 valence electrons. The van der Waals surface area contributed by atoms with Crippen molar-refractivity contribution in [2.75, 3.05) is 11.5 Å².